The molecule has 0 aromatic heterocycles. The first kappa shape index (κ1) is 9.71. The number of benzene rings is 1. The number of hydrogen-bond acceptors (Lipinski definition) is 3. The molecule has 74 valence electrons. The molecule has 0 atom stereocenters. The van der Waals surface area contributed by atoms with Gasteiger partial charge in [-0.3, -0.25) is 0 Å². The molecule has 0 bridgehead atoms. The fourth-order valence-electron chi connectivity index (χ4n) is 1.51. The Morgan fingerprint density at radius 3 is 2.71 bits per heavy atom. The molecule has 3 nitrogen and oxygen atoms in total. The van der Waals surface area contributed by atoms with Crippen molar-refractivity contribution in [3.63, 3.8) is 0 Å². The van der Waals surface area contributed by atoms with Crippen LogP contribution in [0.1, 0.15) is 5.56 Å². The van der Waals surface area contributed by atoms with Crippen LogP contribution in [0.3, 0.4) is 0 Å². The van der Waals surface area contributed by atoms with Crippen molar-refractivity contribution in [2.45, 2.75) is 4.90 Å². The van der Waals surface area contributed by atoms with Crippen LogP contribution < -0.4 is 5.73 Å². The molecule has 1 aliphatic heterocycles. The molecule has 0 fully saturated rings. The third-order valence-electron chi connectivity index (χ3n) is 2.12. The van der Waals surface area contributed by atoms with Crippen LogP contribution in [-0.4, -0.2) is 15.0 Å². The SMILES string of the molecule is NCC1=CS(=O)(=O)c2cccc(Cl)c21. The van der Waals surface area contributed by atoms with Crippen molar-refractivity contribution in [2.24, 2.45) is 5.73 Å². The zero-order chi connectivity index (χ0) is 10.3. The maximum absolute atomic E-state index is 11.6. The van der Waals surface area contributed by atoms with E-state index in [9.17, 15) is 8.42 Å². The molecule has 1 aromatic carbocycles. The highest BCUT2D eigenvalue weighted by atomic mass is 35.5. The molecule has 1 heterocycles. The standard InChI is InChI=1S/C9H8ClNO2S/c10-7-2-1-3-8-9(7)6(4-11)5-14(8,12)13/h1-3,5H,4,11H2. The average Bonchev–Trinajstić information content (AvgIpc) is 2.40. The van der Waals surface area contributed by atoms with Crippen LogP contribution in [0, 0.1) is 0 Å². The molecular formula is C9H8ClNO2S. The molecule has 1 aromatic rings. The summed E-state index contributed by atoms with van der Waals surface area (Å²) < 4.78 is 23.2. The lowest BCUT2D eigenvalue weighted by molar-refractivity contribution is 0.605. The molecule has 1 aliphatic rings. The lowest BCUT2D eigenvalue weighted by Gasteiger charge is -2.03. The molecule has 0 radical (unpaired) electrons. The van der Waals surface area contributed by atoms with Gasteiger partial charge in [0.15, 0.2) is 0 Å². The van der Waals surface area contributed by atoms with Gasteiger partial charge in [0.1, 0.15) is 0 Å². The number of rotatable bonds is 1. The predicted molar refractivity (Wildman–Crippen MR) is 55.7 cm³/mol. The summed E-state index contributed by atoms with van der Waals surface area (Å²) in [6.45, 7) is 0.177. The predicted octanol–water partition coefficient (Wildman–Crippen LogP) is 1.43. The zero-order valence-corrected chi connectivity index (χ0v) is 8.77. The summed E-state index contributed by atoms with van der Waals surface area (Å²) in [7, 11) is -3.32. The molecule has 14 heavy (non-hydrogen) atoms. The van der Waals surface area contributed by atoms with Crippen molar-refractivity contribution < 1.29 is 8.42 Å². The first-order chi connectivity index (χ1) is 6.56. The van der Waals surface area contributed by atoms with Crippen LogP contribution in [0.4, 0.5) is 0 Å². The first-order valence-corrected chi connectivity index (χ1v) is 5.93. The van der Waals surface area contributed by atoms with Crippen molar-refractivity contribution in [1.82, 2.24) is 0 Å². The molecule has 5 heteroatoms. The molecule has 2 rings (SSSR count). The smallest absolute Gasteiger partial charge is 0.200 e. The van der Waals surface area contributed by atoms with E-state index in [4.69, 9.17) is 17.3 Å². The van der Waals surface area contributed by atoms with Gasteiger partial charge >= 0.3 is 0 Å². The highest BCUT2D eigenvalue weighted by Crippen LogP contribution is 2.37. The van der Waals surface area contributed by atoms with Crippen LogP contribution in [0.15, 0.2) is 28.5 Å². The lowest BCUT2D eigenvalue weighted by Crippen LogP contribution is -2.00. The van der Waals surface area contributed by atoms with Gasteiger partial charge in [0, 0.05) is 22.5 Å². The summed E-state index contributed by atoms with van der Waals surface area (Å²) in [5, 5.41) is 1.61. The van der Waals surface area contributed by atoms with Gasteiger partial charge < -0.3 is 5.73 Å². The normalized spacial score (nSPS) is 17.7. The van der Waals surface area contributed by atoms with Crippen LogP contribution in [0.2, 0.25) is 5.02 Å². The largest absolute Gasteiger partial charge is 0.326 e. The van der Waals surface area contributed by atoms with Gasteiger partial charge in [0.05, 0.1) is 4.90 Å². The second-order valence-corrected chi connectivity index (χ2v) is 5.18. The summed E-state index contributed by atoms with van der Waals surface area (Å²) >= 11 is 5.91. The Morgan fingerprint density at radius 1 is 1.36 bits per heavy atom. The minimum atomic E-state index is -3.32. The monoisotopic (exact) mass is 229 g/mol. The van der Waals surface area contributed by atoms with E-state index in [-0.39, 0.29) is 11.4 Å². The molecule has 0 spiro atoms. The first-order valence-electron chi connectivity index (χ1n) is 4.01. The number of sulfone groups is 1. The summed E-state index contributed by atoms with van der Waals surface area (Å²) in [4.78, 5) is 0.255. The van der Waals surface area contributed by atoms with Crippen LogP contribution in [0.5, 0.6) is 0 Å². The molecule has 0 saturated carbocycles. The van der Waals surface area contributed by atoms with E-state index < -0.39 is 9.84 Å². The van der Waals surface area contributed by atoms with Crippen molar-refractivity contribution in [3.8, 4) is 0 Å². The Bertz CT molecular complexity index is 520. The third-order valence-corrected chi connectivity index (χ3v) is 3.98. The fourth-order valence-corrected chi connectivity index (χ4v) is 3.37. The second kappa shape index (κ2) is 3.08. The topological polar surface area (TPSA) is 60.2 Å². The van der Waals surface area contributed by atoms with E-state index in [0.29, 0.717) is 16.2 Å². The van der Waals surface area contributed by atoms with Crippen LogP contribution in [0.25, 0.3) is 5.57 Å². The van der Waals surface area contributed by atoms with Crippen molar-refractivity contribution >= 4 is 27.0 Å². The maximum Gasteiger partial charge on any atom is 0.200 e. The molecule has 0 amide bonds. The number of nitrogens with two attached hydrogens (primary N) is 1. The van der Waals surface area contributed by atoms with E-state index in [1.807, 2.05) is 0 Å². The molecule has 2 N–H and O–H groups in total. The van der Waals surface area contributed by atoms with Crippen molar-refractivity contribution in [3.05, 3.63) is 34.2 Å². The lowest BCUT2D eigenvalue weighted by atomic mass is 10.1. The summed E-state index contributed by atoms with van der Waals surface area (Å²) in [6, 6.07) is 4.81. The Hall–Kier alpha value is -0.840. The van der Waals surface area contributed by atoms with Gasteiger partial charge in [0.2, 0.25) is 9.84 Å². The Kier molecular flexibility index (Phi) is 2.14. The highest BCUT2D eigenvalue weighted by molar-refractivity contribution is 7.95. The summed E-state index contributed by atoms with van der Waals surface area (Å²) in [5.41, 5.74) is 6.57. The van der Waals surface area contributed by atoms with E-state index in [1.54, 1.807) is 12.1 Å². The summed E-state index contributed by atoms with van der Waals surface area (Å²) in [6.07, 6.45) is 0. The molecule has 0 aliphatic carbocycles. The molecule has 0 saturated heterocycles. The Morgan fingerprint density at radius 2 is 2.07 bits per heavy atom. The van der Waals surface area contributed by atoms with Gasteiger partial charge in [0.25, 0.3) is 0 Å². The fraction of sp³-hybridized carbons (Fsp3) is 0.111. The minimum Gasteiger partial charge on any atom is -0.326 e. The minimum absolute atomic E-state index is 0.177. The molecular weight excluding hydrogens is 222 g/mol. The number of hydrogen-bond donors (Lipinski definition) is 1. The van der Waals surface area contributed by atoms with E-state index >= 15 is 0 Å². The van der Waals surface area contributed by atoms with E-state index in [0.717, 1.165) is 0 Å². The van der Waals surface area contributed by atoms with Crippen molar-refractivity contribution in [2.75, 3.05) is 6.54 Å². The van der Waals surface area contributed by atoms with Gasteiger partial charge in [-0.1, -0.05) is 17.7 Å². The second-order valence-electron chi connectivity index (χ2n) is 3.01. The van der Waals surface area contributed by atoms with Gasteiger partial charge in [-0.25, -0.2) is 8.42 Å². The Labute approximate surface area is 87.1 Å². The van der Waals surface area contributed by atoms with Crippen LogP contribution >= 0.6 is 11.6 Å². The van der Waals surface area contributed by atoms with E-state index in [2.05, 4.69) is 0 Å². The summed E-state index contributed by atoms with van der Waals surface area (Å²) in [5.74, 6) is 0. The maximum atomic E-state index is 11.6. The van der Waals surface area contributed by atoms with Gasteiger partial charge in [-0.2, -0.15) is 0 Å². The Balaban J connectivity index is 2.82. The van der Waals surface area contributed by atoms with Crippen LogP contribution in [-0.2, 0) is 9.84 Å². The van der Waals surface area contributed by atoms with Crippen molar-refractivity contribution in [1.29, 1.82) is 0 Å². The van der Waals surface area contributed by atoms with E-state index in [1.165, 1.54) is 11.5 Å². The third kappa shape index (κ3) is 1.27. The molecule has 0 unspecified atom stereocenters. The number of halogens is 1. The van der Waals surface area contributed by atoms with Gasteiger partial charge in [-0.15, -0.1) is 0 Å². The highest BCUT2D eigenvalue weighted by Gasteiger charge is 2.27. The zero-order valence-electron chi connectivity index (χ0n) is 7.20. The van der Waals surface area contributed by atoms with Gasteiger partial charge in [-0.05, 0) is 17.7 Å². The quantitative estimate of drug-likeness (QED) is 0.793. The average molecular weight is 230 g/mol. The number of fused-ring (bicyclic) bond motifs is 1.